The first-order valence-corrected chi connectivity index (χ1v) is 7.76. The molecular formula is C15H17NO4S. The molecule has 0 saturated heterocycles. The molecule has 0 aliphatic rings. The minimum atomic E-state index is -3.65. The summed E-state index contributed by atoms with van der Waals surface area (Å²) in [6.45, 7) is 0.217. The van der Waals surface area contributed by atoms with E-state index in [9.17, 15) is 13.5 Å². The van der Waals surface area contributed by atoms with Crippen LogP contribution in [-0.2, 0) is 16.6 Å². The Morgan fingerprint density at radius 3 is 2.52 bits per heavy atom. The van der Waals surface area contributed by atoms with Crippen LogP contribution in [0.15, 0.2) is 53.4 Å². The van der Waals surface area contributed by atoms with E-state index >= 15 is 0 Å². The lowest BCUT2D eigenvalue weighted by Gasteiger charge is -2.17. The summed E-state index contributed by atoms with van der Waals surface area (Å²) in [5, 5.41) is 9.42. The lowest BCUT2D eigenvalue weighted by molar-refractivity contribution is 0.412. The predicted octanol–water partition coefficient (Wildman–Crippen LogP) is 2.22. The van der Waals surface area contributed by atoms with Gasteiger partial charge in [0.1, 0.15) is 11.5 Å². The van der Waals surface area contributed by atoms with E-state index in [4.69, 9.17) is 4.74 Å². The molecule has 21 heavy (non-hydrogen) atoms. The molecule has 2 aromatic carbocycles. The monoisotopic (exact) mass is 307 g/mol. The second kappa shape index (κ2) is 6.15. The van der Waals surface area contributed by atoms with Crippen LogP contribution in [0, 0.1) is 0 Å². The van der Waals surface area contributed by atoms with Gasteiger partial charge >= 0.3 is 0 Å². The fraction of sp³-hybridized carbons (Fsp3) is 0.200. The molecule has 6 heteroatoms. The predicted molar refractivity (Wildman–Crippen MR) is 79.8 cm³/mol. The number of sulfonamides is 1. The zero-order valence-corrected chi connectivity index (χ0v) is 12.7. The fourth-order valence-corrected chi connectivity index (χ4v) is 3.14. The van der Waals surface area contributed by atoms with Gasteiger partial charge in [0.05, 0.1) is 12.0 Å². The fourth-order valence-electron chi connectivity index (χ4n) is 1.94. The van der Waals surface area contributed by atoms with Crippen molar-refractivity contribution in [2.75, 3.05) is 14.2 Å². The van der Waals surface area contributed by atoms with Gasteiger partial charge in [-0.2, -0.15) is 4.31 Å². The molecule has 0 heterocycles. The van der Waals surface area contributed by atoms with Gasteiger partial charge in [0.2, 0.25) is 10.0 Å². The first-order valence-electron chi connectivity index (χ1n) is 6.32. The normalized spacial score (nSPS) is 11.6. The number of rotatable bonds is 5. The standard InChI is InChI=1S/C15H17NO4S/c1-16(11-12-5-3-7-14(9-12)20-2)21(18,19)15-8-4-6-13(17)10-15/h3-10,17H,11H2,1-2H3. The molecular weight excluding hydrogens is 290 g/mol. The van der Waals surface area contributed by atoms with E-state index in [2.05, 4.69) is 0 Å². The average Bonchev–Trinajstić information content (AvgIpc) is 2.47. The number of phenols is 1. The van der Waals surface area contributed by atoms with Gasteiger partial charge in [-0.25, -0.2) is 8.42 Å². The Morgan fingerprint density at radius 2 is 1.86 bits per heavy atom. The summed E-state index contributed by atoms with van der Waals surface area (Å²) in [5.74, 6) is 0.599. The lowest BCUT2D eigenvalue weighted by Crippen LogP contribution is -2.26. The van der Waals surface area contributed by atoms with E-state index in [0.29, 0.717) is 5.75 Å². The maximum Gasteiger partial charge on any atom is 0.243 e. The number of phenolic OH excluding ortho intramolecular Hbond substituents is 1. The van der Waals surface area contributed by atoms with Gasteiger partial charge in [-0.3, -0.25) is 0 Å². The number of nitrogens with zero attached hydrogens (tertiary/aromatic N) is 1. The van der Waals surface area contributed by atoms with Crippen molar-refractivity contribution >= 4 is 10.0 Å². The van der Waals surface area contributed by atoms with Gasteiger partial charge in [0, 0.05) is 13.6 Å². The van der Waals surface area contributed by atoms with Crippen molar-refractivity contribution < 1.29 is 18.3 Å². The summed E-state index contributed by atoms with van der Waals surface area (Å²) >= 11 is 0. The van der Waals surface area contributed by atoms with Crippen molar-refractivity contribution in [3.63, 3.8) is 0 Å². The molecule has 112 valence electrons. The Balaban J connectivity index is 2.24. The van der Waals surface area contributed by atoms with E-state index in [0.717, 1.165) is 5.56 Å². The Bertz CT molecular complexity index is 728. The first kappa shape index (κ1) is 15.3. The van der Waals surface area contributed by atoms with Gasteiger partial charge in [0.25, 0.3) is 0 Å². The van der Waals surface area contributed by atoms with Gasteiger partial charge in [-0.1, -0.05) is 18.2 Å². The summed E-state index contributed by atoms with van der Waals surface area (Å²) in [5.41, 5.74) is 0.820. The summed E-state index contributed by atoms with van der Waals surface area (Å²) in [6, 6.07) is 12.8. The number of hydrogen-bond donors (Lipinski definition) is 1. The van der Waals surface area contributed by atoms with E-state index in [1.807, 2.05) is 12.1 Å². The smallest absolute Gasteiger partial charge is 0.243 e. The highest BCUT2D eigenvalue weighted by Crippen LogP contribution is 2.21. The summed E-state index contributed by atoms with van der Waals surface area (Å²) in [6.07, 6.45) is 0. The largest absolute Gasteiger partial charge is 0.508 e. The molecule has 0 atom stereocenters. The Kier molecular flexibility index (Phi) is 4.50. The number of benzene rings is 2. The van der Waals surface area contributed by atoms with Gasteiger partial charge in [-0.05, 0) is 35.9 Å². The third-order valence-corrected chi connectivity index (χ3v) is 4.86. The van der Waals surface area contributed by atoms with Crippen LogP contribution in [0.2, 0.25) is 0 Å². The topological polar surface area (TPSA) is 66.8 Å². The maximum atomic E-state index is 12.4. The molecule has 0 bridgehead atoms. The molecule has 1 N–H and O–H groups in total. The van der Waals surface area contributed by atoms with Crippen molar-refractivity contribution in [2.45, 2.75) is 11.4 Å². The molecule has 5 nitrogen and oxygen atoms in total. The zero-order valence-electron chi connectivity index (χ0n) is 11.9. The molecule has 0 fully saturated rings. The lowest BCUT2D eigenvalue weighted by atomic mass is 10.2. The minimum Gasteiger partial charge on any atom is -0.508 e. The van der Waals surface area contributed by atoms with Gasteiger partial charge in [0.15, 0.2) is 0 Å². The van der Waals surface area contributed by atoms with Crippen LogP contribution in [0.25, 0.3) is 0 Å². The van der Waals surface area contributed by atoms with Crippen molar-refractivity contribution in [1.29, 1.82) is 0 Å². The molecule has 0 spiro atoms. The highest BCUT2D eigenvalue weighted by atomic mass is 32.2. The molecule has 0 aromatic heterocycles. The van der Waals surface area contributed by atoms with Crippen LogP contribution < -0.4 is 4.74 Å². The third kappa shape index (κ3) is 3.53. The van der Waals surface area contributed by atoms with Crippen LogP contribution in [0.1, 0.15) is 5.56 Å². The molecule has 0 amide bonds. The van der Waals surface area contributed by atoms with Crippen LogP contribution >= 0.6 is 0 Å². The SMILES string of the molecule is COc1cccc(CN(C)S(=O)(=O)c2cccc(O)c2)c1. The molecule has 0 unspecified atom stereocenters. The van der Waals surface area contributed by atoms with Crippen molar-refractivity contribution in [3.05, 3.63) is 54.1 Å². The molecule has 2 rings (SSSR count). The Labute approximate surface area is 124 Å². The van der Waals surface area contributed by atoms with Crippen molar-refractivity contribution in [2.24, 2.45) is 0 Å². The summed E-state index contributed by atoms with van der Waals surface area (Å²) < 4.78 is 31.2. The number of ether oxygens (including phenoxy) is 1. The third-order valence-electron chi connectivity index (χ3n) is 3.07. The second-order valence-electron chi connectivity index (χ2n) is 4.61. The van der Waals surface area contributed by atoms with Crippen molar-refractivity contribution in [1.82, 2.24) is 4.31 Å². The maximum absolute atomic E-state index is 12.4. The van der Waals surface area contributed by atoms with E-state index in [1.54, 1.807) is 19.2 Å². The Morgan fingerprint density at radius 1 is 1.14 bits per heavy atom. The number of aromatic hydroxyl groups is 1. The molecule has 0 aliphatic heterocycles. The van der Waals surface area contributed by atoms with Gasteiger partial charge in [-0.15, -0.1) is 0 Å². The van der Waals surface area contributed by atoms with Crippen LogP contribution in [0.5, 0.6) is 11.5 Å². The van der Waals surface area contributed by atoms with Crippen molar-refractivity contribution in [3.8, 4) is 11.5 Å². The van der Waals surface area contributed by atoms with E-state index in [-0.39, 0.29) is 17.2 Å². The van der Waals surface area contributed by atoms with Crippen LogP contribution in [0.3, 0.4) is 0 Å². The second-order valence-corrected chi connectivity index (χ2v) is 6.65. The van der Waals surface area contributed by atoms with Crippen LogP contribution in [-0.4, -0.2) is 32.0 Å². The zero-order chi connectivity index (χ0) is 15.5. The molecule has 0 saturated carbocycles. The van der Waals surface area contributed by atoms with Crippen LogP contribution in [0.4, 0.5) is 0 Å². The molecule has 0 aliphatic carbocycles. The summed E-state index contributed by atoms with van der Waals surface area (Å²) in [4.78, 5) is 0.0629. The van der Waals surface area contributed by atoms with E-state index in [1.165, 1.54) is 35.6 Å². The van der Waals surface area contributed by atoms with E-state index < -0.39 is 10.0 Å². The highest BCUT2D eigenvalue weighted by Gasteiger charge is 2.21. The number of methoxy groups -OCH3 is 1. The average molecular weight is 307 g/mol. The summed E-state index contributed by atoms with van der Waals surface area (Å²) in [7, 11) is -0.586. The Hall–Kier alpha value is -2.05. The first-order chi connectivity index (χ1) is 9.93. The molecule has 2 aromatic rings. The number of hydrogen-bond acceptors (Lipinski definition) is 4. The quantitative estimate of drug-likeness (QED) is 0.920. The molecule has 0 radical (unpaired) electrons. The highest BCUT2D eigenvalue weighted by molar-refractivity contribution is 7.89. The minimum absolute atomic E-state index is 0.0629. The van der Waals surface area contributed by atoms with Gasteiger partial charge < -0.3 is 9.84 Å².